The highest BCUT2D eigenvalue weighted by Crippen LogP contribution is 2.34. The molecule has 0 aromatic heterocycles. The van der Waals surface area contributed by atoms with Gasteiger partial charge in [-0.15, -0.1) is 0 Å². The van der Waals surface area contributed by atoms with E-state index < -0.39 is 24.6 Å². The molecule has 158 valence electrons. The first-order valence-electron chi connectivity index (χ1n) is 9.49. The highest BCUT2D eigenvalue weighted by molar-refractivity contribution is 5.72. The number of carboxylic acid groups (broad SMARTS) is 1. The predicted molar refractivity (Wildman–Crippen MR) is 111 cm³/mol. The summed E-state index contributed by atoms with van der Waals surface area (Å²) in [6.45, 7) is 3.07. The molecule has 0 saturated carbocycles. The first-order valence-corrected chi connectivity index (χ1v) is 9.49. The summed E-state index contributed by atoms with van der Waals surface area (Å²) in [4.78, 5) is 10.7. The number of ether oxygens (including phenoxy) is 1. The third kappa shape index (κ3) is 4.79. The van der Waals surface area contributed by atoms with Gasteiger partial charge < -0.3 is 20.3 Å². The fourth-order valence-electron chi connectivity index (χ4n) is 3.42. The van der Waals surface area contributed by atoms with Crippen molar-refractivity contribution in [1.29, 1.82) is 0 Å². The lowest BCUT2D eigenvalue weighted by molar-refractivity contribution is -0.139. The van der Waals surface area contributed by atoms with E-state index in [1.807, 2.05) is 12.1 Å². The molecule has 2 aromatic rings. The Balaban J connectivity index is 1.82. The number of alkyl halides is 1. The Morgan fingerprint density at radius 3 is 2.77 bits per heavy atom. The van der Waals surface area contributed by atoms with E-state index >= 15 is 0 Å². The maximum absolute atomic E-state index is 14.3. The number of halogens is 2. The minimum absolute atomic E-state index is 0.0260. The second-order valence-corrected chi connectivity index (χ2v) is 7.21. The van der Waals surface area contributed by atoms with Crippen LogP contribution in [0.2, 0.25) is 0 Å². The van der Waals surface area contributed by atoms with Gasteiger partial charge in [0.25, 0.3) is 0 Å². The molecule has 2 aromatic carbocycles. The first kappa shape index (κ1) is 21.4. The number of hydrogen-bond donors (Lipinski definition) is 3. The Bertz CT molecular complexity index is 1020. The number of benzene rings is 2. The number of phenols is 1. The molecule has 0 heterocycles. The van der Waals surface area contributed by atoms with Gasteiger partial charge >= 0.3 is 5.97 Å². The zero-order valence-corrected chi connectivity index (χ0v) is 16.7. The SMILES string of the molecule is Cc1c(OCC(=O)O)ccc(F)c1NCc1cc(O)cc(C2=CC=CC(F)C2C)c1. The van der Waals surface area contributed by atoms with Crippen molar-refractivity contribution in [1.82, 2.24) is 0 Å². The van der Waals surface area contributed by atoms with Crippen LogP contribution < -0.4 is 10.1 Å². The molecule has 7 heteroatoms. The van der Waals surface area contributed by atoms with Gasteiger partial charge in [-0.2, -0.15) is 0 Å². The van der Waals surface area contributed by atoms with E-state index in [-0.39, 0.29) is 29.6 Å². The van der Waals surface area contributed by atoms with Crippen molar-refractivity contribution >= 4 is 17.2 Å². The Hall–Kier alpha value is -3.35. The Labute approximate surface area is 173 Å². The van der Waals surface area contributed by atoms with Crippen molar-refractivity contribution in [3.8, 4) is 11.5 Å². The number of rotatable bonds is 7. The van der Waals surface area contributed by atoms with Crippen LogP contribution >= 0.6 is 0 Å². The zero-order chi connectivity index (χ0) is 21.8. The molecule has 1 aliphatic rings. The van der Waals surface area contributed by atoms with E-state index in [9.17, 15) is 18.7 Å². The molecule has 0 spiro atoms. The topological polar surface area (TPSA) is 78.8 Å². The molecule has 5 nitrogen and oxygen atoms in total. The van der Waals surface area contributed by atoms with E-state index in [0.717, 1.165) is 5.57 Å². The Morgan fingerprint density at radius 2 is 2.03 bits per heavy atom. The van der Waals surface area contributed by atoms with Crippen molar-refractivity contribution in [2.24, 2.45) is 5.92 Å². The summed E-state index contributed by atoms with van der Waals surface area (Å²) in [5.74, 6) is -1.69. The first-order chi connectivity index (χ1) is 14.3. The van der Waals surface area contributed by atoms with Crippen LogP contribution in [0.5, 0.6) is 11.5 Å². The predicted octanol–water partition coefficient (Wildman–Crippen LogP) is 4.84. The van der Waals surface area contributed by atoms with Crippen LogP contribution in [0, 0.1) is 18.7 Å². The minimum Gasteiger partial charge on any atom is -0.508 e. The molecule has 0 bridgehead atoms. The summed E-state index contributed by atoms with van der Waals surface area (Å²) in [5, 5.41) is 21.9. The standard InChI is InChI=1S/C23H23F2NO4/c1-13-18(4-3-5-19(13)24)16-8-15(9-17(27)10-16)11-26-23-14(2)21(7-6-20(23)25)30-12-22(28)29/h3-10,13,19,26-27H,11-12H2,1-2H3,(H,28,29). The monoisotopic (exact) mass is 415 g/mol. The Kier molecular flexibility index (Phi) is 6.40. The molecule has 30 heavy (non-hydrogen) atoms. The number of nitrogens with one attached hydrogen (secondary N) is 1. The molecule has 2 unspecified atom stereocenters. The lowest BCUT2D eigenvalue weighted by atomic mass is 9.86. The van der Waals surface area contributed by atoms with E-state index in [2.05, 4.69) is 5.32 Å². The normalized spacial score (nSPS) is 18.1. The minimum atomic E-state index is -1.13. The van der Waals surface area contributed by atoms with E-state index in [1.54, 1.807) is 32.1 Å². The van der Waals surface area contributed by atoms with Gasteiger partial charge in [0.15, 0.2) is 6.61 Å². The summed E-state index contributed by atoms with van der Waals surface area (Å²) in [6, 6.07) is 7.51. The smallest absolute Gasteiger partial charge is 0.341 e. The van der Waals surface area contributed by atoms with Gasteiger partial charge in [-0.05, 0) is 54.0 Å². The molecule has 0 saturated heterocycles. The second kappa shape index (κ2) is 8.98. The molecule has 3 N–H and O–H groups in total. The Morgan fingerprint density at radius 1 is 1.27 bits per heavy atom. The summed E-state index contributed by atoms with van der Waals surface area (Å²) in [5.41, 5.74) is 2.76. The number of phenolic OH excluding ortho intramolecular Hbond substituents is 1. The lowest BCUT2D eigenvalue weighted by Crippen LogP contribution is -2.14. The van der Waals surface area contributed by atoms with Gasteiger partial charge in [0.05, 0.1) is 5.69 Å². The fourth-order valence-corrected chi connectivity index (χ4v) is 3.42. The lowest BCUT2D eigenvalue weighted by Gasteiger charge is -2.22. The molecule has 1 aliphatic carbocycles. The van der Waals surface area contributed by atoms with Gasteiger partial charge in [-0.25, -0.2) is 13.6 Å². The highest BCUT2D eigenvalue weighted by atomic mass is 19.1. The van der Waals surface area contributed by atoms with E-state index in [0.29, 0.717) is 16.7 Å². The van der Waals surface area contributed by atoms with Crippen molar-refractivity contribution < 1.29 is 28.5 Å². The van der Waals surface area contributed by atoms with Crippen molar-refractivity contribution in [3.05, 3.63) is 71.1 Å². The number of aliphatic carboxylic acids is 1. The summed E-state index contributed by atoms with van der Waals surface area (Å²) in [7, 11) is 0. The van der Waals surface area contributed by atoms with E-state index in [4.69, 9.17) is 9.84 Å². The third-order valence-corrected chi connectivity index (χ3v) is 5.03. The van der Waals surface area contributed by atoms with Crippen molar-refractivity contribution in [3.63, 3.8) is 0 Å². The highest BCUT2D eigenvalue weighted by Gasteiger charge is 2.22. The molecule has 2 atom stereocenters. The third-order valence-electron chi connectivity index (χ3n) is 5.03. The molecule has 0 fully saturated rings. The van der Waals surface area contributed by atoms with Crippen LogP contribution in [0.4, 0.5) is 14.5 Å². The number of carbonyl (C=O) groups is 1. The molecule has 0 aliphatic heterocycles. The van der Waals surface area contributed by atoms with E-state index in [1.165, 1.54) is 18.2 Å². The molecular weight excluding hydrogens is 392 g/mol. The average molecular weight is 415 g/mol. The molecule has 3 rings (SSSR count). The second-order valence-electron chi connectivity index (χ2n) is 7.21. The molecule has 0 amide bonds. The molecular formula is C23H23F2NO4. The number of allylic oxidation sites excluding steroid dienone is 4. The maximum Gasteiger partial charge on any atom is 0.341 e. The fraction of sp³-hybridized carbons (Fsp3) is 0.261. The van der Waals surface area contributed by atoms with Gasteiger partial charge in [-0.1, -0.05) is 25.2 Å². The van der Waals surface area contributed by atoms with Crippen LogP contribution in [0.15, 0.2) is 48.6 Å². The van der Waals surface area contributed by atoms with Crippen LogP contribution in [0.1, 0.15) is 23.6 Å². The average Bonchev–Trinajstić information content (AvgIpc) is 2.68. The maximum atomic E-state index is 14.3. The summed E-state index contributed by atoms with van der Waals surface area (Å²) < 4.78 is 33.6. The number of anilines is 1. The summed E-state index contributed by atoms with van der Waals surface area (Å²) in [6.07, 6.45) is 3.87. The largest absolute Gasteiger partial charge is 0.508 e. The van der Waals surface area contributed by atoms with Crippen molar-refractivity contribution in [2.45, 2.75) is 26.6 Å². The van der Waals surface area contributed by atoms with Crippen LogP contribution in [0.3, 0.4) is 0 Å². The van der Waals surface area contributed by atoms with Gasteiger partial charge in [-0.3, -0.25) is 0 Å². The number of aromatic hydroxyl groups is 1. The van der Waals surface area contributed by atoms with Gasteiger partial charge in [0, 0.05) is 18.0 Å². The quantitative estimate of drug-likeness (QED) is 0.603. The van der Waals surface area contributed by atoms with Gasteiger partial charge in [0.1, 0.15) is 23.5 Å². The zero-order valence-electron chi connectivity index (χ0n) is 16.7. The van der Waals surface area contributed by atoms with Gasteiger partial charge in [0.2, 0.25) is 0 Å². The summed E-state index contributed by atoms with van der Waals surface area (Å²) >= 11 is 0. The van der Waals surface area contributed by atoms with Crippen LogP contribution in [-0.4, -0.2) is 29.0 Å². The van der Waals surface area contributed by atoms with Crippen LogP contribution in [-0.2, 0) is 11.3 Å². The van der Waals surface area contributed by atoms with Crippen LogP contribution in [0.25, 0.3) is 5.57 Å². The molecule has 0 radical (unpaired) electrons. The number of hydrogen-bond acceptors (Lipinski definition) is 4. The van der Waals surface area contributed by atoms with Crippen molar-refractivity contribution in [2.75, 3.05) is 11.9 Å². The number of carboxylic acids is 1.